The van der Waals surface area contributed by atoms with Crippen molar-refractivity contribution >= 4 is 34.4 Å². The third kappa shape index (κ3) is 2.27. The van der Waals surface area contributed by atoms with Crippen molar-refractivity contribution in [3.8, 4) is 0 Å². The molecule has 1 aromatic carbocycles. The number of para-hydroxylation sites is 1. The number of alkyl halides is 1. The van der Waals surface area contributed by atoms with E-state index in [9.17, 15) is 9.59 Å². The average molecular weight is 307 g/mol. The molecule has 0 aliphatic carbocycles. The molecule has 1 amide bonds. The predicted octanol–water partition coefficient (Wildman–Crippen LogP) is 1.83. The minimum Gasteiger partial charge on any atom is -0.467 e. The van der Waals surface area contributed by atoms with Crippen LogP contribution in [-0.4, -0.2) is 40.8 Å². The highest BCUT2D eigenvalue weighted by Gasteiger charge is 2.36. The predicted molar refractivity (Wildman–Crippen MR) is 79.1 cm³/mol. The number of esters is 1. The zero-order valence-electron chi connectivity index (χ0n) is 11.6. The summed E-state index contributed by atoms with van der Waals surface area (Å²) >= 11 is 5.65. The van der Waals surface area contributed by atoms with Gasteiger partial charge in [-0.15, -0.1) is 11.6 Å². The first-order valence-electron chi connectivity index (χ1n) is 6.67. The highest BCUT2D eigenvalue weighted by atomic mass is 35.5. The van der Waals surface area contributed by atoms with E-state index in [0.29, 0.717) is 13.0 Å². The van der Waals surface area contributed by atoms with Crippen molar-refractivity contribution in [1.82, 2.24) is 9.88 Å². The van der Waals surface area contributed by atoms with Gasteiger partial charge in [0.1, 0.15) is 11.9 Å². The van der Waals surface area contributed by atoms with Crippen molar-refractivity contribution in [3.63, 3.8) is 0 Å². The summed E-state index contributed by atoms with van der Waals surface area (Å²) in [5.74, 6) is -0.830. The molecule has 2 aromatic rings. The fraction of sp³-hybridized carbons (Fsp3) is 0.333. The van der Waals surface area contributed by atoms with Crippen LogP contribution < -0.4 is 0 Å². The molecule has 21 heavy (non-hydrogen) atoms. The Morgan fingerprint density at radius 1 is 1.43 bits per heavy atom. The van der Waals surface area contributed by atoms with E-state index in [-0.39, 0.29) is 11.8 Å². The lowest BCUT2D eigenvalue weighted by Gasteiger charge is -2.33. The number of amides is 1. The molecule has 3 rings (SSSR count). The summed E-state index contributed by atoms with van der Waals surface area (Å²) in [5, 5.41) is 1.08. The first kappa shape index (κ1) is 13.9. The largest absolute Gasteiger partial charge is 0.467 e. The Morgan fingerprint density at radius 2 is 2.19 bits per heavy atom. The van der Waals surface area contributed by atoms with E-state index < -0.39 is 12.0 Å². The maximum absolute atomic E-state index is 12.0. The number of carbonyl (C=O) groups is 2. The quantitative estimate of drug-likeness (QED) is 0.680. The van der Waals surface area contributed by atoms with Crippen LogP contribution in [0.2, 0.25) is 0 Å². The number of aromatic amines is 1. The van der Waals surface area contributed by atoms with Crippen LogP contribution in [0.25, 0.3) is 10.9 Å². The number of aromatic nitrogens is 1. The number of H-pyrrole nitrogens is 1. The molecule has 110 valence electrons. The summed E-state index contributed by atoms with van der Waals surface area (Å²) in [4.78, 5) is 28.8. The van der Waals surface area contributed by atoms with E-state index in [1.807, 2.05) is 24.3 Å². The van der Waals surface area contributed by atoms with E-state index in [4.69, 9.17) is 16.3 Å². The Labute approximate surface area is 126 Å². The van der Waals surface area contributed by atoms with Gasteiger partial charge in [0, 0.05) is 23.0 Å². The molecular formula is C15H15ClN2O3. The number of nitrogens with zero attached hydrogens (tertiary/aromatic N) is 1. The third-order valence-corrected chi connectivity index (χ3v) is 4.14. The van der Waals surface area contributed by atoms with Crippen LogP contribution in [0.15, 0.2) is 24.3 Å². The maximum atomic E-state index is 12.0. The molecule has 6 heteroatoms. The Morgan fingerprint density at radius 3 is 2.90 bits per heavy atom. The Balaban J connectivity index is 2.07. The van der Waals surface area contributed by atoms with E-state index >= 15 is 0 Å². The second-order valence-electron chi connectivity index (χ2n) is 5.03. The number of ether oxygens (including phenoxy) is 1. The molecular weight excluding hydrogens is 292 g/mol. The fourth-order valence-electron chi connectivity index (χ4n) is 2.89. The first-order valence-corrected chi connectivity index (χ1v) is 7.21. The summed E-state index contributed by atoms with van der Waals surface area (Å²) in [7, 11) is 1.33. The van der Waals surface area contributed by atoms with Crippen LogP contribution >= 0.6 is 11.6 Å². The lowest BCUT2D eigenvalue weighted by molar-refractivity contribution is -0.153. The van der Waals surface area contributed by atoms with Crippen molar-refractivity contribution < 1.29 is 14.3 Å². The molecule has 1 N–H and O–H groups in total. The molecule has 2 heterocycles. The monoisotopic (exact) mass is 306 g/mol. The second-order valence-corrected chi connectivity index (χ2v) is 5.29. The minimum atomic E-state index is -0.618. The smallest absolute Gasteiger partial charge is 0.328 e. The van der Waals surface area contributed by atoms with Crippen LogP contribution in [0.5, 0.6) is 0 Å². The summed E-state index contributed by atoms with van der Waals surface area (Å²) in [6.07, 6.45) is 0.439. The molecule has 5 nitrogen and oxygen atoms in total. The molecule has 0 fully saturated rings. The maximum Gasteiger partial charge on any atom is 0.328 e. The molecule has 0 spiro atoms. The van der Waals surface area contributed by atoms with Gasteiger partial charge in [0.2, 0.25) is 5.91 Å². The minimum absolute atomic E-state index is 0.150. The van der Waals surface area contributed by atoms with Gasteiger partial charge in [-0.2, -0.15) is 0 Å². The molecule has 0 bridgehead atoms. The van der Waals surface area contributed by atoms with Crippen molar-refractivity contribution in [2.24, 2.45) is 0 Å². The zero-order valence-corrected chi connectivity index (χ0v) is 12.3. The molecule has 0 unspecified atom stereocenters. The lowest BCUT2D eigenvalue weighted by Crippen LogP contribution is -2.49. The highest BCUT2D eigenvalue weighted by molar-refractivity contribution is 6.27. The molecule has 0 saturated heterocycles. The first-order chi connectivity index (χ1) is 10.2. The number of benzene rings is 1. The van der Waals surface area contributed by atoms with Crippen LogP contribution in [-0.2, 0) is 27.3 Å². The van der Waals surface area contributed by atoms with E-state index in [2.05, 4.69) is 4.98 Å². The molecule has 1 atom stereocenters. The van der Waals surface area contributed by atoms with E-state index in [1.54, 1.807) is 0 Å². The molecule has 0 radical (unpaired) electrons. The van der Waals surface area contributed by atoms with Gasteiger partial charge in [0.25, 0.3) is 0 Å². The molecule has 1 aromatic heterocycles. The molecule has 1 aliphatic rings. The van der Waals surface area contributed by atoms with Gasteiger partial charge in [-0.1, -0.05) is 18.2 Å². The Hall–Kier alpha value is -2.01. The summed E-state index contributed by atoms with van der Waals surface area (Å²) < 4.78 is 4.83. The average Bonchev–Trinajstić information content (AvgIpc) is 2.89. The number of carbonyl (C=O) groups excluding carboxylic acids is 2. The summed E-state index contributed by atoms with van der Waals surface area (Å²) in [6.45, 7) is 0.343. The molecule has 1 aliphatic heterocycles. The third-order valence-electron chi connectivity index (χ3n) is 3.91. The van der Waals surface area contributed by atoms with Gasteiger partial charge in [-0.05, 0) is 11.6 Å². The van der Waals surface area contributed by atoms with Crippen LogP contribution in [0, 0.1) is 0 Å². The van der Waals surface area contributed by atoms with Gasteiger partial charge < -0.3 is 14.6 Å². The van der Waals surface area contributed by atoms with Crippen LogP contribution in [0.1, 0.15) is 11.3 Å². The van der Waals surface area contributed by atoms with Crippen LogP contribution in [0.4, 0.5) is 0 Å². The highest BCUT2D eigenvalue weighted by Crippen LogP contribution is 2.30. The number of fused-ring (bicyclic) bond motifs is 3. The van der Waals surface area contributed by atoms with Crippen molar-refractivity contribution in [2.45, 2.75) is 19.0 Å². The summed E-state index contributed by atoms with van der Waals surface area (Å²) in [5.41, 5.74) is 3.03. The number of hydrogen-bond donors (Lipinski definition) is 1. The fourth-order valence-corrected chi connectivity index (χ4v) is 3.05. The van der Waals surface area contributed by atoms with Gasteiger partial charge in [-0.25, -0.2) is 4.79 Å². The van der Waals surface area contributed by atoms with Gasteiger partial charge in [0.05, 0.1) is 13.7 Å². The molecule has 0 saturated carbocycles. The van der Waals surface area contributed by atoms with Crippen molar-refractivity contribution in [3.05, 3.63) is 35.5 Å². The van der Waals surface area contributed by atoms with Gasteiger partial charge in [-0.3, -0.25) is 4.79 Å². The Kier molecular flexibility index (Phi) is 3.59. The Bertz CT molecular complexity index is 710. The van der Waals surface area contributed by atoms with Gasteiger partial charge >= 0.3 is 5.97 Å². The normalized spacial score (nSPS) is 17.6. The topological polar surface area (TPSA) is 62.4 Å². The van der Waals surface area contributed by atoms with Crippen LogP contribution in [0.3, 0.4) is 0 Å². The number of halogens is 1. The lowest BCUT2D eigenvalue weighted by atomic mass is 9.96. The SMILES string of the molecule is COC(=O)[C@H]1Cc2c([nH]c3ccccc23)CN1C(=O)CCl. The van der Waals surface area contributed by atoms with E-state index in [1.165, 1.54) is 12.0 Å². The number of methoxy groups -OCH3 is 1. The van der Waals surface area contributed by atoms with Gasteiger partial charge in [0.15, 0.2) is 0 Å². The second kappa shape index (κ2) is 5.41. The van der Waals surface area contributed by atoms with Crippen molar-refractivity contribution in [1.29, 1.82) is 0 Å². The standard InChI is InChI=1S/C15H15ClN2O3/c1-21-15(20)13-6-10-9-4-2-3-5-11(9)17-12(10)8-18(13)14(19)7-16/h2-5,13,17H,6-8H2,1H3/t13-/m1/s1. The summed E-state index contributed by atoms with van der Waals surface area (Å²) in [6, 6.07) is 7.28. The van der Waals surface area contributed by atoms with Crippen molar-refractivity contribution in [2.75, 3.05) is 13.0 Å². The number of rotatable bonds is 2. The number of hydrogen-bond acceptors (Lipinski definition) is 3. The zero-order chi connectivity index (χ0) is 15.0. The van der Waals surface area contributed by atoms with E-state index in [0.717, 1.165) is 22.2 Å². The number of nitrogens with one attached hydrogen (secondary N) is 1.